The summed E-state index contributed by atoms with van der Waals surface area (Å²) in [5, 5.41) is 7.97. The second-order valence-electron chi connectivity index (χ2n) is 14.6. The SMILES string of the molecule is c1ccc(-c2cccc(-c3nc(-c4ccc5sc6c(ccc7c(-c8ccccc8)nc8ccccc8c76)c5c4)nc(-c4cccc5c4oc4ccccc45)n3)c2)cc1. The maximum absolute atomic E-state index is 6.50. The molecule has 5 nitrogen and oxygen atoms in total. The van der Waals surface area contributed by atoms with Gasteiger partial charge in [0.15, 0.2) is 17.5 Å². The van der Waals surface area contributed by atoms with Gasteiger partial charge in [0.05, 0.1) is 16.8 Å². The van der Waals surface area contributed by atoms with E-state index in [4.69, 9.17) is 24.4 Å². The van der Waals surface area contributed by atoms with Crippen LogP contribution in [0.4, 0.5) is 0 Å². The molecule has 0 bridgehead atoms. The van der Waals surface area contributed by atoms with E-state index >= 15 is 0 Å². The van der Waals surface area contributed by atoms with Crippen molar-refractivity contribution in [1.82, 2.24) is 19.9 Å². The van der Waals surface area contributed by atoms with Gasteiger partial charge in [0.1, 0.15) is 11.2 Å². The van der Waals surface area contributed by atoms with Crippen LogP contribution >= 0.6 is 11.3 Å². The minimum absolute atomic E-state index is 0.559. The number of nitrogens with zero attached hydrogens (tertiary/aromatic N) is 4. The third-order valence-corrected chi connectivity index (χ3v) is 12.3. The van der Waals surface area contributed by atoms with Crippen LogP contribution in [0.3, 0.4) is 0 Å². The molecule has 4 aromatic heterocycles. The zero-order valence-electron chi connectivity index (χ0n) is 30.9. The lowest BCUT2D eigenvalue weighted by Gasteiger charge is -2.11. The molecular formula is C52H30N4OS. The molecule has 0 amide bonds. The molecule has 4 heterocycles. The van der Waals surface area contributed by atoms with Crippen molar-refractivity contribution in [2.75, 3.05) is 0 Å². The lowest BCUT2D eigenvalue weighted by atomic mass is 9.98. The smallest absolute Gasteiger partial charge is 0.167 e. The molecule has 0 fully saturated rings. The number of benzene rings is 8. The molecule has 12 aromatic rings. The molecule has 0 unspecified atom stereocenters. The van der Waals surface area contributed by atoms with Crippen molar-refractivity contribution in [2.45, 2.75) is 0 Å². The summed E-state index contributed by atoms with van der Waals surface area (Å²) >= 11 is 1.82. The van der Waals surface area contributed by atoms with Gasteiger partial charge >= 0.3 is 0 Å². The van der Waals surface area contributed by atoms with Gasteiger partial charge in [0, 0.05) is 63.8 Å². The van der Waals surface area contributed by atoms with E-state index in [1.54, 1.807) is 0 Å². The molecule has 0 aliphatic carbocycles. The Kier molecular flexibility index (Phi) is 7.33. The maximum Gasteiger partial charge on any atom is 0.167 e. The Morgan fingerprint density at radius 3 is 1.86 bits per heavy atom. The summed E-state index contributed by atoms with van der Waals surface area (Å²) in [4.78, 5) is 20.8. The Morgan fingerprint density at radius 2 is 1.02 bits per heavy atom. The quantitative estimate of drug-likeness (QED) is 0.164. The maximum atomic E-state index is 6.50. The van der Waals surface area contributed by atoms with Crippen LogP contribution in [-0.2, 0) is 0 Å². The summed E-state index contributed by atoms with van der Waals surface area (Å²) in [5.41, 5.74) is 9.55. The highest BCUT2D eigenvalue weighted by Gasteiger charge is 2.20. The number of furan rings is 1. The van der Waals surface area contributed by atoms with Crippen molar-refractivity contribution >= 4 is 75.1 Å². The summed E-state index contributed by atoms with van der Waals surface area (Å²) in [6.45, 7) is 0. The third kappa shape index (κ3) is 5.23. The first-order valence-corrected chi connectivity index (χ1v) is 20.1. The van der Waals surface area contributed by atoms with Crippen molar-refractivity contribution in [3.05, 3.63) is 182 Å². The highest BCUT2D eigenvalue weighted by atomic mass is 32.1. The fourth-order valence-electron chi connectivity index (χ4n) is 8.37. The van der Waals surface area contributed by atoms with E-state index in [9.17, 15) is 0 Å². The third-order valence-electron chi connectivity index (χ3n) is 11.1. The minimum atomic E-state index is 0.559. The van der Waals surface area contributed by atoms with Crippen molar-refractivity contribution in [2.24, 2.45) is 0 Å². The Morgan fingerprint density at radius 1 is 0.379 bits per heavy atom. The summed E-state index contributed by atoms with van der Waals surface area (Å²) < 4.78 is 8.94. The van der Waals surface area contributed by atoms with Gasteiger partial charge in [-0.1, -0.05) is 140 Å². The average Bonchev–Trinajstić information content (AvgIpc) is 3.87. The van der Waals surface area contributed by atoms with Crippen LogP contribution in [-0.4, -0.2) is 19.9 Å². The number of hydrogen-bond donors (Lipinski definition) is 0. The average molecular weight is 759 g/mol. The number of fused-ring (bicyclic) bond motifs is 10. The van der Waals surface area contributed by atoms with Gasteiger partial charge in [-0.25, -0.2) is 19.9 Å². The van der Waals surface area contributed by atoms with E-state index in [0.717, 1.165) is 82.7 Å². The molecule has 0 radical (unpaired) electrons. The monoisotopic (exact) mass is 758 g/mol. The summed E-state index contributed by atoms with van der Waals surface area (Å²) in [6.07, 6.45) is 0. The molecule has 0 saturated heterocycles. The molecule has 0 saturated carbocycles. The predicted octanol–water partition coefficient (Wildman–Crippen LogP) is 14.2. The second-order valence-corrected chi connectivity index (χ2v) is 15.6. The van der Waals surface area contributed by atoms with Crippen LogP contribution < -0.4 is 0 Å². The Hall–Kier alpha value is -7.54. The van der Waals surface area contributed by atoms with Crippen LogP contribution in [0.5, 0.6) is 0 Å². The molecule has 0 aliphatic rings. The molecule has 0 spiro atoms. The molecule has 0 aliphatic heterocycles. The highest BCUT2D eigenvalue weighted by Crippen LogP contribution is 2.44. The molecule has 6 heteroatoms. The first-order valence-electron chi connectivity index (χ1n) is 19.3. The highest BCUT2D eigenvalue weighted by molar-refractivity contribution is 7.26. The zero-order valence-corrected chi connectivity index (χ0v) is 31.7. The lowest BCUT2D eigenvalue weighted by molar-refractivity contribution is 0.669. The Balaban J connectivity index is 1.08. The van der Waals surface area contributed by atoms with Gasteiger partial charge in [0.2, 0.25) is 0 Å². The molecule has 58 heavy (non-hydrogen) atoms. The normalized spacial score (nSPS) is 11.8. The van der Waals surface area contributed by atoms with Crippen LogP contribution in [0.1, 0.15) is 0 Å². The van der Waals surface area contributed by atoms with Crippen molar-refractivity contribution in [3.8, 4) is 56.5 Å². The van der Waals surface area contributed by atoms with Crippen molar-refractivity contribution < 1.29 is 4.42 Å². The number of pyridine rings is 1. The van der Waals surface area contributed by atoms with E-state index in [1.165, 1.54) is 20.2 Å². The first-order chi connectivity index (χ1) is 28.7. The van der Waals surface area contributed by atoms with E-state index in [-0.39, 0.29) is 0 Å². The van der Waals surface area contributed by atoms with E-state index < -0.39 is 0 Å². The fourth-order valence-corrected chi connectivity index (χ4v) is 9.61. The fraction of sp³-hybridized carbons (Fsp3) is 0. The largest absolute Gasteiger partial charge is 0.455 e. The Bertz CT molecular complexity index is 3570. The van der Waals surface area contributed by atoms with Gasteiger partial charge in [0.25, 0.3) is 0 Å². The molecule has 12 rings (SSSR count). The number of para-hydroxylation sites is 3. The van der Waals surface area contributed by atoms with Gasteiger partial charge in [-0.15, -0.1) is 11.3 Å². The lowest BCUT2D eigenvalue weighted by Crippen LogP contribution is -2.00. The number of hydrogen-bond acceptors (Lipinski definition) is 6. The topological polar surface area (TPSA) is 64.7 Å². The number of rotatable bonds is 5. The molecular weight excluding hydrogens is 729 g/mol. The van der Waals surface area contributed by atoms with Crippen molar-refractivity contribution in [3.63, 3.8) is 0 Å². The summed E-state index contributed by atoms with van der Waals surface area (Å²) in [5.74, 6) is 1.75. The van der Waals surface area contributed by atoms with Crippen LogP contribution in [0.25, 0.3) is 120 Å². The van der Waals surface area contributed by atoms with Crippen LogP contribution in [0.2, 0.25) is 0 Å². The van der Waals surface area contributed by atoms with Gasteiger partial charge in [-0.2, -0.15) is 0 Å². The number of thiophene rings is 1. The van der Waals surface area contributed by atoms with Crippen LogP contribution in [0.15, 0.2) is 186 Å². The standard InChI is InChI=1S/C52H30N4OS/c1-3-13-31(14-4-1)33-17-11-18-34(29-33)50-54-51(56-52(55-50)41-22-12-21-37-36-19-8-10-24-44(36)57-48(37)41)35-25-28-45-42(30-35)38-26-27-40-46(49(38)58-45)39-20-7-9-23-43(39)53-47(40)32-15-5-2-6-16-32/h1-30H. The zero-order chi connectivity index (χ0) is 38.2. The molecule has 8 aromatic carbocycles. The Labute approximate surface area is 336 Å². The predicted molar refractivity (Wildman–Crippen MR) is 240 cm³/mol. The van der Waals surface area contributed by atoms with E-state index in [1.807, 2.05) is 47.7 Å². The molecule has 0 N–H and O–H groups in total. The summed E-state index contributed by atoms with van der Waals surface area (Å²) in [6, 6.07) is 63.2. The molecule has 270 valence electrons. The van der Waals surface area contributed by atoms with Gasteiger partial charge in [-0.3, -0.25) is 0 Å². The number of aromatic nitrogens is 4. The minimum Gasteiger partial charge on any atom is -0.455 e. The summed E-state index contributed by atoms with van der Waals surface area (Å²) in [7, 11) is 0. The first kappa shape index (κ1) is 32.7. The van der Waals surface area contributed by atoms with Crippen LogP contribution in [0, 0.1) is 0 Å². The second kappa shape index (κ2) is 13.0. The van der Waals surface area contributed by atoms with Crippen molar-refractivity contribution in [1.29, 1.82) is 0 Å². The van der Waals surface area contributed by atoms with E-state index in [0.29, 0.717) is 17.5 Å². The van der Waals surface area contributed by atoms with Gasteiger partial charge < -0.3 is 4.42 Å². The molecule has 0 atom stereocenters. The van der Waals surface area contributed by atoms with E-state index in [2.05, 4.69) is 146 Å². The van der Waals surface area contributed by atoms with Gasteiger partial charge in [-0.05, 0) is 53.6 Å².